The molecule has 4 rings (SSSR count). The maximum Gasteiger partial charge on any atom is 0.348 e. The van der Waals surface area contributed by atoms with E-state index in [2.05, 4.69) is 10.1 Å². The molecule has 2 aliphatic heterocycles. The molecule has 3 heterocycles. The third-order valence-corrected chi connectivity index (χ3v) is 6.28. The highest BCUT2D eigenvalue weighted by atomic mass is 32.1. The molecule has 0 aliphatic carbocycles. The molecule has 0 radical (unpaired) electrons. The van der Waals surface area contributed by atoms with E-state index in [-0.39, 0.29) is 18.4 Å². The normalized spacial score (nSPS) is 20.3. The third-order valence-electron chi connectivity index (χ3n) is 5.30. The number of benzene rings is 1. The molecule has 2 aliphatic rings. The highest BCUT2D eigenvalue weighted by Gasteiger charge is 2.53. The zero-order valence-corrected chi connectivity index (χ0v) is 16.7. The zero-order chi connectivity index (χ0) is 20.8. The summed E-state index contributed by atoms with van der Waals surface area (Å²) in [5, 5.41) is 3.19. The number of methoxy groups -OCH3 is 1. The first-order valence-electron chi connectivity index (χ1n) is 9.07. The topological polar surface area (TPSA) is 96.0 Å². The number of hydrogen-bond donors (Lipinski definition) is 1. The summed E-state index contributed by atoms with van der Waals surface area (Å²) in [6.45, 7) is 1.60. The summed E-state index contributed by atoms with van der Waals surface area (Å²) in [6, 6.07) is 10.1. The quantitative estimate of drug-likeness (QED) is 0.777. The lowest BCUT2D eigenvalue weighted by Gasteiger charge is -2.48. The van der Waals surface area contributed by atoms with E-state index in [4.69, 9.17) is 0 Å². The first kappa shape index (κ1) is 19.1. The molecule has 1 N–H and O–H groups in total. The monoisotopic (exact) mass is 413 g/mol. The number of carbonyl (C=O) groups is 4. The number of ether oxygens (including phenoxy) is 1. The molecule has 150 valence electrons. The number of carbonyl (C=O) groups excluding carboxylic acids is 4. The molecule has 1 aromatic heterocycles. The molecule has 29 heavy (non-hydrogen) atoms. The summed E-state index contributed by atoms with van der Waals surface area (Å²) in [5.41, 5.74) is 0.0872. The van der Waals surface area contributed by atoms with E-state index in [0.29, 0.717) is 34.0 Å². The van der Waals surface area contributed by atoms with Gasteiger partial charge in [-0.2, -0.15) is 0 Å². The Bertz CT molecular complexity index is 1030. The minimum absolute atomic E-state index is 0.0705. The lowest BCUT2D eigenvalue weighted by molar-refractivity contribution is -0.120. The van der Waals surface area contributed by atoms with E-state index in [1.165, 1.54) is 12.0 Å². The van der Waals surface area contributed by atoms with Gasteiger partial charge in [0, 0.05) is 6.42 Å². The lowest BCUT2D eigenvalue weighted by atomic mass is 9.98. The van der Waals surface area contributed by atoms with E-state index in [1.54, 1.807) is 48.2 Å². The number of rotatable bonds is 4. The maximum atomic E-state index is 13.1. The minimum atomic E-state index is -0.896. The van der Waals surface area contributed by atoms with Gasteiger partial charge < -0.3 is 15.0 Å². The Labute approximate surface area is 171 Å². The second kappa shape index (κ2) is 7.00. The average molecular weight is 413 g/mol. The van der Waals surface area contributed by atoms with Crippen molar-refractivity contribution in [2.24, 2.45) is 0 Å². The van der Waals surface area contributed by atoms with Crippen LogP contribution < -0.4 is 10.2 Å². The molecular formula is C20H19N3O5S. The first-order valence-corrected chi connectivity index (χ1v) is 9.89. The Balaban J connectivity index is 1.59. The summed E-state index contributed by atoms with van der Waals surface area (Å²) in [6.07, 6.45) is 0.758. The van der Waals surface area contributed by atoms with Crippen LogP contribution in [0.4, 0.5) is 10.7 Å². The van der Waals surface area contributed by atoms with Gasteiger partial charge in [-0.15, -0.1) is 11.3 Å². The molecule has 1 atom stereocenters. The van der Waals surface area contributed by atoms with Crippen molar-refractivity contribution in [1.29, 1.82) is 0 Å². The predicted octanol–water partition coefficient (Wildman–Crippen LogP) is 2.47. The standard InChI is InChI=1S/C20H19N3O5S/c1-20-10-9-17(25)23(20)13-6-4-3-5-12(13)18(26)22(20)11-15(24)21-16-8-7-14(29-16)19(27)28-2/h3-8H,9-11H2,1-2H3,(H,21,24)/t20-/m1/s1. The predicted molar refractivity (Wildman–Crippen MR) is 107 cm³/mol. The summed E-state index contributed by atoms with van der Waals surface area (Å²) in [5.74, 6) is -1.24. The fourth-order valence-corrected chi connectivity index (χ4v) is 4.72. The highest BCUT2D eigenvalue weighted by Crippen LogP contribution is 2.43. The Morgan fingerprint density at radius 2 is 1.97 bits per heavy atom. The van der Waals surface area contributed by atoms with E-state index in [9.17, 15) is 19.2 Å². The molecule has 1 saturated heterocycles. The molecule has 8 nitrogen and oxygen atoms in total. The van der Waals surface area contributed by atoms with Crippen LogP contribution in [0.2, 0.25) is 0 Å². The van der Waals surface area contributed by atoms with Gasteiger partial charge in [-0.05, 0) is 37.6 Å². The Morgan fingerprint density at radius 3 is 2.72 bits per heavy atom. The number of nitrogens with one attached hydrogen (secondary N) is 1. The lowest BCUT2D eigenvalue weighted by Crippen LogP contribution is -2.63. The number of para-hydroxylation sites is 1. The summed E-state index contributed by atoms with van der Waals surface area (Å²) < 4.78 is 4.66. The van der Waals surface area contributed by atoms with Crippen LogP contribution in [0.3, 0.4) is 0 Å². The van der Waals surface area contributed by atoms with E-state index in [0.717, 1.165) is 11.3 Å². The fourth-order valence-electron chi connectivity index (χ4n) is 3.88. The van der Waals surface area contributed by atoms with Gasteiger partial charge in [0.25, 0.3) is 5.91 Å². The van der Waals surface area contributed by atoms with Crippen LogP contribution in [0.1, 0.15) is 39.8 Å². The van der Waals surface area contributed by atoms with Gasteiger partial charge in [0.05, 0.1) is 23.4 Å². The molecule has 0 unspecified atom stereocenters. The molecule has 9 heteroatoms. The van der Waals surface area contributed by atoms with Crippen molar-refractivity contribution >= 4 is 45.7 Å². The molecule has 0 spiro atoms. The third kappa shape index (κ3) is 3.07. The first-order chi connectivity index (χ1) is 13.8. The molecule has 1 aromatic carbocycles. The van der Waals surface area contributed by atoms with Crippen molar-refractivity contribution in [3.63, 3.8) is 0 Å². The van der Waals surface area contributed by atoms with Crippen LogP contribution in [0.5, 0.6) is 0 Å². The van der Waals surface area contributed by atoms with Crippen molar-refractivity contribution in [2.45, 2.75) is 25.4 Å². The van der Waals surface area contributed by atoms with Crippen molar-refractivity contribution in [2.75, 3.05) is 23.9 Å². The highest BCUT2D eigenvalue weighted by molar-refractivity contribution is 7.18. The average Bonchev–Trinajstić information content (AvgIpc) is 3.29. The number of esters is 1. The second-order valence-corrected chi connectivity index (χ2v) is 8.14. The van der Waals surface area contributed by atoms with Gasteiger partial charge in [0.15, 0.2) is 0 Å². The van der Waals surface area contributed by atoms with Gasteiger partial charge in [0.1, 0.15) is 17.1 Å². The second-order valence-electron chi connectivity index (χ2n) is 7.06. The summed E-state index contributed by atoms with van der Waals surface area (Å²) in [4.78, 5) is 53.4. The maximum absolute atomic E-state index is 13.1. The SMILES string of the molecule is COC(=O)c1ccc(NC(=O)CN2C(=O)c3ccccc3N3C(=O)CC[C@]23C)s1. The van der Waals surface area contributed by atoms with Crippen LogP contribution in [0, 0.1) is 0 Å². The van der Waals surface area contributed by atoms with Gasteiger partial charge in [-0.1, -0.05) is 12.1 Å². The largest absolute Gasteiger partial charge is 0.465 e. The number of hydrogen-bond acceptors (Lipinski definition) is 6. The van der Waals surface area contributed by atoms with E-state index < -0.39 is 17.5 Å². The fraction of sp³-hybridized carbons (Fsp3) is 0.300. The van der Waals surface area contributed by atoms with E-state index in [1.807, 2.05) is 0 Å². The van der Waals surface area contributed by atoms with Crippen LogP contribution in [-0.4, -0.2) is 47.9 Å². The number of nitrogens with zero attached hydrogens (tertiary/aromatic N) is 2. The number of amides is 3. The zero-order valence-electron chi connectivity index (χ0n) is 15.9. The van der Waals surface area contributed by atoms with Crippen LogP contribution in [0.25, 0.3) is 0 Å². The molecule has 0 bridgehead atoms. The Hall–Kier alpha value is -3.20. The molecule has 3 amide bonds. The van der Waals surface area contributed by atoms with Crippen LogP contribution in [0.15, 0.2) is 36.4 Å². The van der Waals surface area contributed by atoms with Gasteiger partial charge >= 0.3 is 5.97 Å². The number of fused-ring (bicyclic) bond motifs is 3. The van der Waals surface area contributed by atoms with Gasteiger partial charge in [-0.3, -0.25) is 19.3 Å². The van der Waals surface area contributed by atoms with Gasteiger partial charge in [0.2, 0.25) is 11.8 Å². The number of anilines is 2. The summed E-state index contributed by atoms with van der Waals surface area (Å²) in [7, 11) is 1.29. The van der Waals surface area contributed by atoms with E-state index >= 15 is 0 Å². The summed E-state index contributed by atoms with van der Waals surface area (Å²) >= 11 is 1.09. The minimum Gasteiger partial charge on any atom is -0.465 e. The smallest absolute Gasteiger partial charge is 0.348 e. The molecule has 1 fully saturated rings. The molecule has 0 saturated carbocycles. The molecular weight excluding hydrogens is 394 g/mol. The van der Waals surface area contributed by atoms with Crippen LogP contribution >= 0.6 is 11.3 Å². The Kier molecular flexibility index (Phi) is 4.62. The van der Waals surface area contributed by atoms with Crippen molar-refractivity contribution in [3.05, 3.63) is 46.8 Å². The van der Waals surface area contributed by atoms with Gasteiger partial charge in [-0.25, -0.2) is 4.79 Å². The van der Waals surface area contributed by atoms with Crippen molar-refractivity contribution in [3.8, 4) is 0 Å². The van der Waals surface area contributed by atoms with Crippen molar-refractivity contribution < 1.29 is 23.9 Å². The molecule has 2 aromatic rings. The Morgan fingerprint density at radius 1 is 1.21 bits per heavy atom. The number of thiophene rings is 1. The van der Waals surface area contributed by atoms with Crippen molar-refractivity contribution in [1.82, 2.24) is 4.90 Å². The van der Waals surface area contributed by atoms with Crippen LogP contribution in [-0.2, 0) is 14.3 Å².